The van der Waals surface area contributed by atoms with Gasteiger partial charge in [-0.15, -0.1) is 0 Å². The smallest absolute Gasteiger partial charge is 0.124 e. The Kier molecular flexibility index (Phi) is 3.28. The fourth-order valence-corrected chi connectivity index (χ4v) is 1.88. The zero-order valence-electron chi connectivity index (χ0n) is 10.6. The lowest BCUT2D eigenvalue weighted by Crippen LogP contribution is -2.29. The Balaban J connectivity index is 3.51. The fourth-order valence-electron chi connectivity index (χ4n) is 1.66. The maximum Gasteiger partial charge on any atom is 0.124 e. The van der Waals surface area contributed by atoms with Gasteiger partial charge in [0.25, 0.3) is 0 Å². The summed E-state index contributed by atoms with van der Waals surface area (Å²) in [5.41, 5.74) is 6.77. The summed E-state index contributed by atoms with van der Waals surface area (Å²) < 4.78 is 0. The van der Waals surface area contributed by atoms with Crippen molar-refractivity contribution in [2.24, 2.45) is 5.73 Å². The molecule has 3 N–H and O–H groups in total. The normalized spacial score (nSPS) is 12.9. The van der Waals surface area contributed by atoms with Gasteiger partial charge in [0.15, 0.2) is 0 Å². The van der Waals surface area contributed by atoms with Crippen molar-refractivity contribution in [1.82, 2.24) is 0 Å². The molecule has 0 unspecified atom stereocenters. The van der Waals surface area contributed by atoms with Crippen LogP contribution in [0.2, 0.25) is 5.02 Å². The van der Waals surface area contributed by atoms with Crippen molar-refractivity contribution < 1.29 is 5.11 Å². The van der Waals surface area contributed by atoms with Crippen molar-refractivity contribution in [3.8, 4) is 5.75 Å². The van der Waals surface area contributed by atoms with Gasteiger partial charge in [0.05, 0.1) is 0 Å². The Hall–Kier alpha value is -0.730. The number of halogens is 1. The SMILES string of the molecule is CC(C)(C)c1cc(Cl)cc(C(C)(C)N)c1O. The van der Waals surface area contributed by atoms with E-state index in [4.69, 9.17) is 17.3 Å². The van der Waals surface area contributed by atoms with Crippen LogP contribution in [0.5, 0.6) is 5.75 Å². The zero-order valence-corrected chi connectivity index (χ0v) is 11.3. The molecule has 0 radical (unpaired) electrons. The lowest BCUT2D eigenvalue weighted by molar-refractivity contribution is 0.419. The molecule has 0 saturated carbocycles. The van der Waals surface area contributed by atoms with Crippen LogP contribution < -0.4 is 5.73 Å². The first-order valence-electron chi connectivity index (χ1n) is 5.36. The highest BCUT2D eigenvalue weighted by atomic mass is 35.5. The van der Waals surface area contributed by atoms with Crippen LogP contribution in [0.15, 0.2) is 12.1 Å². The molecule has 2 nitrogen and oxygen atoms in total. The molecular weight excluding hydrogens is 222 g/mol. The predicted octanol–water partition coefficient (Wildman–Crippen LogP) is 3.54. The lowest BCUT2D eigenvalue weighted by atomic mass is 9.82. The first-order valence-corrected chi connectivity index (χ1v) is 5.73. The van der Waals surface area contributed by atoms with Gasteiger partial charge in [0.1, 0.15) is 5.75 Å². The van der Waals surface area contributed by atoms with Gasteiger partial charge in [-0.25, -0.2) is 0 Å². The Morgan fingerprint density at radius 1 is 1.06 bits per heavy atom. The Morgan fingerprint density at radius 2 is 1.50 bits per heavy atom. The summed E-state index contributed by atoms with van der Waals surface area (Å²) in [4.78, 5) is 0. The number of hydrogen-bond acceptors (Lipinski definition) is 2. The van der Waals surface area contributed by atoms with Crippen molar-refractivity contribution in [1.29, 1.82) is 0 Å². The van der Waals surface area contributed by atoms with Crippen molar-refractivity contribution in [2.75, 3.05) is 0 Å². The van der Waals surface area contributed by atoms with Gasteiger partial charge >= 0.3 is 0 Å². The predicted molar refractivity (Wildman–Crippen MR) is 69.0 cm³/mol. The average molecular weight is 242 g/mol. The molecule has 0 amide bonds. The minimum absolute atomic E-state index is 0.158. The first kappa shape index (κ1) is 13.3. The Morgan fingerprint density at radius 3 is 1.88 bits per heavy atom. The van der Waals surface area contributed by atoms with E-state index in [0.717, 1.165) is 5.56 Å². The number of nitrogens with two attached hydrogens (primary N) is 1. The van der Waals surface area contributed by atoms with E-state index in [0.29, 0.717) is 10.6 Å². The summed E-state index contributed by atoms with van der Waals surface area (Å²) in [6.45, 7) is 9.80. The average Bonchev–Trinajstić information content (AvgIpc) is 2.04. The van der Waals surface area contributed by atoms with Crippen LogP contribution in [0.1, 0.15) is 45.7 Å². The van der Waals surface area contributed by atoms with E-state index in [9.17, 15) is 5.11 Å². The van der Waals surface area contributed by atoms with Gasteiger partial charge in [-0.2, -0.15) is 0 Å². The quantitative estimate of drug-likeness (QED) is 0.790. The number of phenolic OH excluding ortho intramolecular Hbond substituents is 1. The number of benzene rings is 1. The Labute approximate surface area is 102 Å². The zero-order chi connectivity index (χ0) is 12.7. The summed E-state index contributed by atoms with van der Waals surface area (Å²) >= 11 is 6.07. The molecule has 0 bridgehead atoms. The van der Waals surface area contributed by atoms with Gasteiger partial charge in [0.2, 0.25) is 0 Å². The fraction of sp³-hybridized carbons (Fsp3) is 0.538. The first-order chi connectivity index (χ1) is 7.03. The molecular formula is C13H20ClNO. The number of aromatic hydroxyl groups is 1. The summed E-state index contributed by atoms with van der Waals surface area (Å²) in [5.74, 6) is 0.254. The molecule has 0 saturated heterocycles. The van der Waals surface area contributed by atoms with Crippen molar-refractivity contribution in [3.63, 3.8) is 0 Å². The molecule has 1 rings (SSSR count). The van der Waals surface area contributed by atoms with Crippen LogP contribution in [-0.4, -0.2) is 5.11 Å². The topological polar surface area (TPSA) is 46.2 Å². The third kappa shape index (κ3) is 2.69. The molecule has 0 fully saturated rings. The summed E-state index contributed by atoms with van der Waals surface area (Å²) in [6, 6.07) is 3.53. The van der Waals surface area contributed by atoms with E-state index in [1.54, 1.807) is 12.1 Å². The van der Waals surface area contributed by atoms with Gasteiger partial charge < -0.3 is 10.8 Å². The van der Waals surface area contributed by atoms with Crippen molar-refractivity contribution in [2.45, 2.75) is 45.6 Å². The summed E-state index contributed by atoms with van der Waals surface area (Å²) in [5, 5.41) is 10.9. The molecule has 0 atom stereocenters. The molecule has 0 heterocycles. The summed E-state index contributed by atoms with van der Waals surface area (Å²) in [6.07, 6.45) is 0. The molecule has 0 aromatic heterocycles. The second-order valence-electron chi connectivity index (χ2n) is 5.82. The van der Waals surface area contributed by atoms with E-state index >= 15 is 0 Å². The van der Waals surface area contributed by atoms with Crippen LogP contribution in [-0.2, 0) is 11.0 Å². The van der Waals surface area contributed by atoms with Gasteiger partial charge in [-0.3, -0.25) is 0 Å². The molecule has 0 spiro atoms. The minimum atomic E-state index is -0.602. The minimum Gasteiger partial charge on any atom is -0.507 e. The van der Waals surface area contributed by atoms with E-state index in [2.05, 4.69) is 0 Å². The summed E-state index contributed by atoms with van der Waals surface area (Å²) in [7, 11) is 0. The molecule has 0 aliphatic rings. The molecule has 1 aromatic rings. The molecule has 16 heavy (non-hydrogen) atoms. The molecule has 3 heteroatoms. The van der Waals surface area contributed by atoms with Crippen LogP contribution in [0.3, 0.4) is 0 Å². The molecule has 0 aliphatic carbocycles. The Bertz CT molecular complexity index is 364. The van der Waals surface area contributed by atoms with Crippen molar-refractivity contribution in [3.05, 3.63) is 28.3 Å². The monoisotopic (exact) mass is 241 g/mol. The van der Waals surface area contributed by atoms with E-state index < -0.39 is 5.54 Å². The van der Waals surface area contributed by atoms with Gasteiger partial charge in [0, 0.05) is 21.7 Å². The second-order valence-corrected chi connectivity index (χ2v) is 6.26. The lowest BCUT2D eigenvalue weighted by Gasteiger charge is -2.27. The van der Waals surface area contributed by atoms with Crippen LogP contribution in [0.25, 0.3) is 0 Å². The van der Waals surface area contributed by atoms with E-state index in [1.165, 1.54) is 0 Å². The van der Waals surface area contributed by atoms with Gasteiger partial charge in [-0.1, -0.05) is 32.4 Å². The molecule has 1 aromatic carbocycles. The molecule has 0 aliphatic heterocycles. The third-order valence-corrected chi connectivity index (χ3v) is 2.80. The maximum absolute atomic E-state index is 10.2. The van der Waals surface area contributed by atoms with E-state index in [-0.39, 0.29) is 11.2 Å². The molecule has 90 valence electrons. The van der Waals surface area contributed by atoms with Crippen LogP contribution >= 0.6 is 11.6 Å². The number of rotatable bonds is 1. The largest absolute Gasteiger partial charge is 0.507 e. The standard InChI is InChI=1S/C13H20ClNO/c1-12(2,3)9-6-8(14)7-10(11(9)16)13(4,5)15/h6-7,16H,15H2,1-5H3. The van der Waals surface area contributed by atoms with Gasteiger partial charge in [-0.05, 0) is 31.4 Å². The second kappa shape index (κ2) is 3.94. The van der Waals surface area contributed by atoms with Crippen LogP contribution in [0.4, 0.5) is 0 Å². The number of phenols is 1. The van der Waals surface area contributed by atoms with Crippen molar-refractivity contribution >= 4 is 11.6 Å². The maximum atomic E-state index is 10.2. The van der Waals surface area contributed by atoms with Crippen LogP contribution in [0, 0.1) is 0 Å². The third-order valence-electron chi connectivity index (χ3n) is 2.58. The highest BCUT2D eigenvalue weighted by molar-refractivity contribution is 6.30. The highest BCUT2D eigenvalue weighted by Gasteiger charge is 2.26. The number of hydrogen-bond donors (Lipinski definition) is 2. The highest BCUT2D eigenvalue weighted by Crippen LogP contribution is 2.39. The van der Waals surface area contributed by atoms with E-state index in [1.807, 2.05) is 34.6 Å².